The van der Waals surface area contributed by atoms with E-state index in [1.165, 1.54) is 0 Å². The lowest BCUT2D eigenvalue weighted by Crippen LogP contribution is -1.97. The van der Waals surface area contributed by atoms with Crippen LogP contribution in [0, 0.1) is 6.92 Å². The lowest BCUT2D eigenvalue weighted by molar-refractivity contribution is 0.404. The molecule has 104 valence electrons. The summed E-state index contributed by atoms with van der Waals surface area (Å²) < 4.78 is 10.4. The molecule has 0 aromatic carbocycles. The molecule has 0 N–H and O–H groups in total. The van der Waals surface area contributed by atoms with E-state index < -0.39 is 0 Å². The monoisotopic (exact) mass is 263 g/mol. The van der Waals surface area contributed by atoms with Gasteiger partial charge in [0, 0.05) is 17.8 Å². The molecule has 5 heteroatoms. The fraction of sp³-hybridized carbons (Fsp3) is 0.500. The molecule has 0 aliphatic rings. The van der Waals surface area contributed by atoms with Crippen molar-refractivity contribution < 1.29 is 9.26 Å². The molecule has 2 rings (SSSR count). The van der Waals surface area contributed by atoms with E-state index in [9.17, 15) is 0 Å². The first-order valence-corrected chi connectivity index (χ1v) is 6.46. The van der Waals surface area contributed by atoms with Crippen molar-refractivity contribution in [3.05, 3.63) is 23.7 Å². The van der Waals surface area contributed by atoms with Crippen LogP contribution in [0.1, 0.15) is 45.0 Å². The van der Waals surface area contributed by atoms with Crippen LogP contribution >= 0.6 is 0 Å². The summed E-state index contributed by atoms with van der Waals surface area (Å²) in [6, 6.07) is 1.82. The summed E-state index contributed by atoms with van der Waals surface area (Å²) in [7, 11) is 1.64. The third-order valence-electron chi connectivity index (χ3n) is 2.48. The molecule has 0 amide bonds. The molecule has 0 fully saturated rings. The van der Waals surface area contributed by atoms with E-state index in [4.69, 9.17) is 9.26 Å². The minimum atomic E-state index is 0.357. The van der Waals surface area contributed by atoms with Crippen molar-refractivity contribution in [1.29, 1.82) is 0 Å². The highest BCUT2D eigenvalue weighted by Crippen LogP contribution is 2.28. The zero-order chi connectivity index (χ0) is 14.4. The second-order valence-corrected chi connectivity index (χ2v) is 4.11. The van der Waals surface area contributed by atoms with Crippen LogP contribution in [0.2, 0.25) is 0 Å². The van der Waals surface area contributed by atoms with E-state index in [-0.39, 0.29) is 0 Å². The van der Waals surface area contributed by atoms with Crippen molar-refractivity contribution in [3.8, 4) is 17.3 Å². The molecule has 0 saturated heterocycles. The van der Waals surface area contributed by atoms with E-state index in [0.29, 0.717) is 23.3 Å². The fourth-order valence-electron chi connectivity index (χ4n) is 1.58. The van der Waals surface area contributed by atoms with E-state index >= 15 is 0 Å². The van der Waals surface area contributed by atoms with Gasteiger partial charge in [-0.1, -0.05) is 32.9 Å². The number of ether oxygens (including phenoxy) is 1. The number of methoxy groups -OCH3 is 1. The second-order valence-electron chi connectivity index (χ2n) is 4.11. The SMILES string of the molecule is CC.COc1cc(-c2nc(C)no2)ncc1C(C)C. The molecule has 2 aromatic heterocycles. The Morgan fingerprint density at radius 1 is 1.26 bits per heavy atom. The Balaban J connectivity index is 0.000000861. The maximum Gasteiger partial charge on any atom is 0.276 e. The maximum absolute atomic E-state index is 5.35. The van der Waals surface area contributed by atoms with Crippen molar-refractivity contribution >= 4 is 0 Å². The van der Waals surface area contributed by atoms with Crippen LogP contribution in [0.25, 0.3) is 11.6 Å². The normalized spacial score (nSPS) is 10.1. The van der Waals surface area contributed by atoms with Gasteiger partial charge in [0.15, 0.2) is 5.82 Å². The number of pyridine rings is 1. The van der Waals surface area contributed by atoms with Crippen LogP contribution in [0.15, 0.2) is 16.8 Å². The van der Waals surface area contributed by atoms with Crippen LogP contribution in [-0.2, 0) is 0 Å². The van der Waals surface area contributed by atoms with Crippen molar-refractivity contribution in [2.75, 3.05) is 7.11 Å². The third kappa shape index (κ3) is 3.53. The van der Waals surface area contributed by atoms with Gasteiger partial charge in [0.2, 0.25) is 0 Å². The predicted octanol–water partition coefficient (Wildman–Crippen LogP) is 3.60. The van der Waals surface area contributed by atoms with Crippen molar-refractivity contribution in [2.24, 2.45) is 0 Å². The lowest BCUT2D eigenvalue weighted by Gasteiger charge is -2.11. The van der Waals surface area contributed by atoms with Crippen LogP contribution in [-0.4, -0.2) is 22.2 Å². The van der Waals surface area contributed by atoms with Gasteiger partial charge in [-0.3, -0.25) is 4.98 Å². The Hall–Kier alpha value is -1.91. The Morgan fingerprint density at radius 2 is 1.95 bits per heavy atom. The smallest absolute Gasteiger partial charge is 0.276 e. The van der Waals surface area contributed by atoms with Crippen LogP contribution in [0.4, 0.5) is 0 Å². The molecule has 2 heterocycles. The van der Waals surface area contributed by atoms with Gasteiger partial charge in [-0.05, 0) is 12.8 Å². The van der Waals surface area contributed by atoms with Crippen LogP contribution in [0.5, 0.6) is 5.75 Å². The van der Waals surface area contributed by atoms with Crippen molar-refractivity contribution in [3.63, 3.8) is 0 Å². The van der Waals surface area contributed by atoms with Crippen molar-refractivity contribution in [2.45, 2.75) is 40.5 Å². The molecular formula is C14H21N3O2. The number of aryl methyl sites for hydroxylation is 1. The van der Waals surface area contributed by atoms with Crippen LogP contribution in [0.3, 0.4) is 0 Å². The van der Waals surface area contributed by atoms with E-state index in [2.05, 4.69) is 29.0 Å². The van der Waals surface area contributed by atoms with Crippen LogP contribution < -0.4 is 4.74 Å². The first-order chi connectivity index (χ1) is 9.11. The highest BCUT2D eigenvalue weighted by Gasteiger charge is 2.13. The summed E-state index contributed by atoms with van der Waals surface area (Å²) in [5, 5.41) is 3.74. The molecule has 5 nitrogen and oxygen atoms in total. The van der Waals surface area contributed by atoms with Gasteiger partial charge in [-0.25, -0.2) is 0 Å². The minimum absolute atomic E-state index is 0.357. The Bertz CT molecular complexity index is 521. The largest absolute Gasteiger partial charge is 0.496 e. The summed E-state index contributed by atoms with van der Waals surface area (Å²) in [5.74, 6) is 2.15. The van der Waals surface area contributed by atoms with Gasteiger partial charge in [0.1, 0.15) is 11.4 Å². The molecule has 0 radical (unpaired) electrons. The zero-order valence-corrected chi connectivity index (χ0v) is 12.4. The standard InChI is InChI=1S/C12H15N3O2.C2H6/c1-7(2)9-6-13-10(5-11(9)16-4)12-14-8(3)15-17-12;1-2/h5-7H,1-4H3;1-2H3. The highest BCUT2D eigenvalue weighted by molar-refractivity contribution is 5.52. The van der Waals surface area contributed by atoms with Gasteiger partial charge in [-0.15, -0.1) is 0 Å². The molecule has 0 aliphatic heterocycles. The second kappa shape index (κ2) is 6.87. The molecule has 2 aromatic rings. The van der Waals surface area contributed by atoms with E-state index in [1.807, 2.05) is 19.9 Å². The first-order valence-electron chi connectivity index (χ1n) is 6.46. The molecule has 0 spiro atoms. The number of hydrogen-bond acceptors (Lipinski definition) is 5. The average Bonchev–Trinajstić information content (AvgIpc) is 2.87. The number of rotatable bonds is 3. The van der Waals surface area contributed by atoms with Gasteiger partial charge in [0.05, 0.1) is 7.11 Å². The van der Waals surface area contributed by atoms with E-state index in [0.717, 1.165) is 11.3 Å². The first kappa shape index (κ1) is 15.1. The summed E-state index contributed by atoms with van der Waals surface area (Å²) in [5.41, 5.74) is 1.69. The Morgan fingerprint density at radius 3 is 2.42 bits per heavy atom. The van der Waals surface area contributed by atoms with Crippen molar-refractivity contribution in [1.82, 2.24) is 15.1 Å². The topological polar surface area (TPSA) is 61.0 Å². The Kier molecular flexibility index (Phi) is 5.48. The van der Waals surface area contributed by atoms with Gasteiger partial charge in [0.25, 0.3) is 5.89 Å². The molecule has 0 saturated carbocycles. The molecule has 19 heavy (non-hydrogen) atoms. The third-order valence-corrected chi connectivity index (χ3v) is 2.48. The zero-order valence-electron chi connectivity index (χ0n) is 12.4. The van der Waals surface area contributed by atoms with Gasteiger partial charge >= 0.3 is 0 Å². The number of nitrogens with zero attached hydrogens (tertiary/aromatic N) is 3. The number of hydrogen-bond donors (Lipinski definition) is 0. The fourth-order valence-corrected chi connectivity index (χ4v) is 1.58. The summed E-state index contributed by atoms with van der Waals surface area (Å²) in [4.78, 5) is 8.45. The molecule has 0 aliphatic carbocycles. The lowest BCUT2D eigenvalue weighted by atomic mass is 10.0. The summed E-state index contributed by atoms with van der Waals surface area (Å²) in [6.07, 6.45) is 1.79. The maximum atomic E-state index is 5.35. The summed E-state index contributed by atoms with van der Waals surface area (Å²) >= 11 is 0. The molecule has 0 bridgehead atoms. The predicted molar refractivity (Wildman–Crippen MR) is 74.3 cm³/mol. The average molecular weight is 263 g/mol. The minimum Gasteiger partial charge on any atom is -0.496 e. The Labute approximate surface area is 114 Å². The van der Waals surface area contributed by atoms with Gasteiger partial charge in [-0.2, -0.15) is 4.98 Å². The molecular weight excluding hydrogens is 242 g/mol. The number of aromatic nitrogens is 3. The summed E-state index contributed by atoms with van der Waals surface area (Å²) in [6.45, 7) is 9.96. The van der Waals surface area contributed by atoms with E-state index in [1.54, 1.807) is 20.2 Å². The molecule has 0 unspecified atom stereocenters. The molecule has 0 atom stereocenters. The highest BCUT2D eigenvalue weighted by atomic mass is 16.5. The van der Waals surface area contributed by atoms with Gasteiger partial charge < -0.3 is 9.26 Å². The quantitative estimate of drug-likeness (QED) is 0.846.